The normalized spacial score (nSPS) is 10.6. The first-order valence-electron chi connectivity index (χ1n) is 10.4. The van der Waals surface area contributed by atoms with Crippen molar-refractivity contribution in [2.45, 2.75) is 0 Å². The third-order valence-corrected chi connectivity index (χ3v) is 5.19. The molecule has 36 heavy (non-hydrogen) atoms. The molecule has 3 aromatic rings. The number of hydrazone groups is 1. The van der Waals surface area contributed by atoms with Crippen molar-refractivity contribution in [3.63, 3.8) is 0 Å². The molecule has 11 heteroatoms. The number of benzene rings is 3. The molecule has 0 fully saturated rings. The summed E-state index contributed by atoms with van der Waals surface area (Å²) in [6.07, 6.45) is 1.44. The van der Waals surface area contributed by atoms with Gasteiger partial charge < -0.3 is 23.7 Å². The van der Waals surface area contributed by atoms with E-state index >= 15 is 0 Å². The Kier molecular flexibility index (Phi) is 9.38. The molecule has 1 amide bonds. The lowest BCUT2D eigenvalue weighted by Crippen LogP contribution is -2.18. The number of esters is 1. The van der Waals surface area contributed by atoms with Crippen LogP contribution in [0.2, 0.25) is 10.0 Å². The minimum atomic E-state index is -0.611. The van der Waals surface area contributed by atoms with Gasteiger partial charge in [-0.05, 0) is 60.2 Å². The number of carbonyl (C=O) groups is 2. The van der Waals surface area contributed by atoms with E-state index in [1.54, 1.807) is 36.4 Å². The fourth-order valence-electron chi connectivity index (χ4n) is 2.95. The summed E-state index contributed by atoms with van der Waals surface area (Å²) in [6, 6.07) is 14.2. The number of hydrogen-bond donors (Lipinski definition) is 1. The Bertz CT molecular complexity index is 1240. The van der Waals surface area contributed by atoms with E-state index in [9.17, 15) is 9.59 Å². The Balaban J connectivity index is 1.54. The molecule has 3 aromatic carbocycles. The number of nitrogens with one attached hydrogen (secondary N) is 1. The van der Waals surface area contributed by atoms with Crippen LogP contribution in [0.1, 0.15) is 15.9 Å². The van der Waals surface area contributed by atoms with Crippen molar-refractivity contribution in [1.82, 2.24) is 5.43 Å². The Morgan fingerprint density at radius 3 is 2.14 bits per heavy atom. The average Bonchev–Trinajstić information content (AvgIpc) is 2.88. The van der Waals surface area contributed by atoms with E-state index in [-0.39, 0.29) is 17.2 Å². The maximum Gasteiger partial charge on any atom is 0.349 e. The zero-order chi connectivity index (χ0) is 26.1. The molecule has 0 aliphatic rings. The summed E-state index contributed by atoms with van der Waals surface area (Å²) in [4.78, 5) is 24.5. The van der Waals surface area contributed by atoms with Crippen molar-refractivity contribution in [2.24, 2.45) is 5.10 Å². The fourth-order valence-corrected chi connectivity index (χ4v) is 3.42. The highest BCUT2D eigenvalue weighted by Crippen LogP contribution is 2.38. The van der Waals surface area contributed by atoms with E-state index in [4.69, 9.17) is 46.9 Å². The molecule has 0 aliphatic heterocycles. The predicted octanol–water partition coefficient (Wildman–Crippen LogP) is 4.77. The second kappa shape index (κ2) is 12.7. The number of ether oxygens (including phenoxy) is 5. The van der Waals surface area contributed by atoms with Gasteiger partial charge in [0.2, 0.25) is 5.75 Å². The SMILES string of the molecule is COc1cc(C(=O)NN=Cc2ccc(OC(=O)COc3ccc(Cl)cc3Cl)cc2)cc(OC)c1OC. The van der Waals surface area contributed by atoms with Gasteiger partial charge in [0.15, 0.2) is 18.1 Å². The van der Waals surface area contributed by atoms with Crippen LogP contribution in [0.25, 0.3) is 0 Å². The quantitative estimate of drug-likeness (QED) is 0.173. The second-order valence-corrected chi connectivity index (χ2v) is 7.86. The molecule has 0 spiro atoms. The Morgan fingerprint density at radius 2 is 1.56 bits per heavy atom. The third-order valence-electron chi connectivity index (χ3n) is 4.66. The minimum absolute atomic E-state index is 0.269. The number of rotatable bonds is 10. The third kappa shape index (κ3) is 7.03. The van der Waals surface area contributed by atoms with Crippen LogP contribution in [0, 0.1) is 0 Å². The average molecular weight is 533 g/mol. The first-order valence-corrected chi connectivity index (χ1v) is 11.1. The molecule has 0 bridgehead atoms. The fraction of sp³-hybridized carbons (Fsp3) is 0.160. The highest BCUT2D eigenvalue weighted by atomic mass is 35.5. The van der Waals surface area contributed by atoms with Gasteiger partial charge in [-0.1, -0.05) is 23.2 Å². The van der Waals surface area contributed by atoms with Crippen LogP contribution in [0.4, 0.5) is 0 Å². The standard InChI is InChI=1S/C25H22Cl2N2O7/c1-32-21-10-16(11-22(33-2)24(21)34-3)25(31)29-28-13-15-4-7-18(8-5-15)36-23(30)14-35-20-9-6-17(26)12-19(20)27/h4-13H,14H2,1-3H3,(H,29,31). The van der Waals surface area contributed by atoms with Crippen LogP contribution < -0.4 is 29.1 Å². The van der Waals surface area contributed by atoms with E-state index in [1.165, 1.54) is 45.7 Å². The Morgan fingerprint density at radius 1 is 0.889 bits per heavy atom. The van der Waals surface area contributed by atoms with Crippen LogP contribution in [-0.2, 0) is 4.79 Å². The first kappa shape index (κ1) is 26.7. The summed E-state index contributed by atoms with van der Waals surface area (Å²) in [5, 5.41) is 4.70. The van der Waals surface area contributed by atoms with Crippen molar-refractivity contribution in [3.8, 4) is 28.7 Å². The Labute approximate surface area is 217 Å². The van der Waals surface area contributed by atoms with E-state index in [0.717, 1.165) is 0 Å². The van der Waals surface area contributed by atoms with E-state index in [2.05, 4.69) is 10.5 Å². The molecule has 0 saturated carbocycles. The topological polar surface area (TPSA) is 105 Å². The largest absolute Gasteiger partial charge is 0.493 e. The summed E-state index contributed by atoms with van der Waals surface area (Å²) in [5.74, 6) is 0.608. The molecule has 0 atom stereocenters. The molecule has 0 unspecified atom stereocenters. The molecule has 3 rings (SSSR count). The van der Waals surface area contributed by atoms with Gasteiger partial charge in [-0.25, -0.2) is 10.2 Å². The highest BCUT2D eigenvalue weighted by Gasteiger charge is 2.16. The lowest BCUT2D eigenvalue weighted by atomic mass is 10.1. The lowest BCUT2D eigenvalue weighted by molar-refractivity contribution is -0.136. The van der Waals surface area contributed by atoms with Gasteiger partial charge in [0.05, 0.1) is 32.6 Å². The zero-order valence-electron chi connectivity index (χ0n) is 19.5. The lowest BCUT2D eigenvalue weighted by Gasteiger charge is -2.13. The van der Waals surface area contributed by atoms with Crippen LogP contribution in [0.5, 0.6) is 28.7 Å². The van der Waals surface area contributed by atoms with Gasteiger partial charge in [-0.3, -0.25) is 4.79 Å². The number of methoxy groups -OCH3 is 3. The maximum atomic E-state index is 12.5. The number of nitrogens with zero attached hydrogens (tertiary/aromatic N) is 1. The number of hydrogen-bond acceptors (Lipinski definition) is 8. The summed E-state index contributed by atoms with van der Waals surface area (Å²) >= 11 is 11.8. The molecule has 188 valence electrons. The van der Waals surface area contributed by atoms with E-state index in [1.807, 2.05) is 0 Å². The molecule has 0 radical (unpaired) electrons. The van der Waals surface area contributed by atoms with Gasteiger partial charge in [0.1, 0.15) is 11.5 Å². The second-order valence-electron chi connectivity index (χ2n) is 7.02. The summed E-state index contributed by atoms with van der Waals surface area (Å²) in [7, 11) is 4.39. The first-order chi connectivity index (χ1) is 17.3. The molecular formula is C25H22Cl2N2O7. The summed E-state index contributed by atoms with van der Waals surface area (Å²) in [6.45, 7) is -0.336. The monoisotopic (exact) mass is 532 g/mol. The molecule has 0 aromatic heterocycles. The smallest absolute Gasteiger partial charge is 0.349 e. The molecule has 0 saturated heterocycles. The maximum absolute atomic E-state index is 12.5. The van der Waals surface area contributed by atoms with Gasteiger partial charge in [0.25, 0.3) is 5.91 Å². The minimum Gasteiger partial charge on any atom is -0.493 e. The van der Waals surface area contributed by atoms with Gasteiger partial charge in [-0.15, -0.1) is 0 Å². The van der Waals surface area contributed by atoms with Crippen molar-refractivity contribution in [1.29, 1.82) is 0 Å². The van der Waals surface area contributed by atoms with Gasteiger partial charge >= 0.3 is 5.97 Å². The number of halogens is 2. The Hall–Kier alpha value is -3.95. The van der Waals surface area contributed by atoms with Crippen molar-refractivity contribution >= 4 is 41.3 Å². The summed E-state index contributed by atoms with van der Waals surface area (Å²) in [5.41, 5.74) is 3.36. The number of carbonyl (C=O) groups excluding carboxylic acids is 2. The molecular weight excluding hydrogens is 511 g/mol. The molecule has 9 nitrogen and oxygen atoms in total. The van der Waals surface area contributed by atoms with Gasteiger partial charge in [0, 0.05) is 10.6 Å². The van der Waals surface area contributed by atoms with Crippen LogP contribution >= 0.6 is 23.2 Å². The molecule has 0 heterocycles. The highest BCUT2D eigenvalue weighted by molar-refractivity contribution is 6.35. The van der Waals surface area contributed by atoms with Crippen molar-refractivity contribution < 1.29 is 33.3 Å². The molecule has 1 N–H and O–H groups in total. The van der Waals surface area contributed by atoms with Crippen molar-refractivity contribution in [2.75, 3.05) is 27.9 Å². The molecule has 0 aliphatic carbocycles. The van der Waals surface area contributed by atoms with Crippen LogP contribution in [0.3, 0.4) is 0 Å². The number of amides is 1. The van der Waals surface area contributed by atoms with E-state index < -0.39 is 11.9 Å². The van der Waals surface area contributed by atoms with Gasteiger partial charge in [-0.2, -0.15) is 5.10 Å². The van der Waals surface area contributed by atoms with E-state index in [0.29, 0.717) is 39.3 Å². The van der Waals surface area contributed by atoms with Crippen LogP contribution in [-0.4, -0.2) is 46.0 Å². The summed E-state index contributed by atoms with van der Waals surface area (Å²) < 4.78 is 26.3. The predicted molar refractivity (Wildman–Crippen MR) is 135 cm³/mol. The van der Waals surface area contributed by atoms with Crippen LogP contribution in [0.15, 0.2) is 59.7 Å². The van der Waals surface area contributed by atoms with Crippen molar-refractivity contribution in [3.05, 3.63) is 75.8 Å². The zero-order valence-corrected chi connectivity index (χ0v) is 21.1.